The maximum absolute atomic E-state index is 6.27. The molecule has 5 heteroatoms. The molecule has 0 bridgehead atoms. The molecule has 1 N–H and O–H groups in total. The van der Waals surface area contributed by atoms with Gasteiger partial charge in [0.2, 0.25) is 0 Å². The second kappa shape index (κ2) is 6.21. The van der Waals surface area contributed by atoms with Crippen molar-refractivity contribution >= 4 is 18.1 Å². The summed E-state index contributed by atoms with van der Waals surface area (Å²) in [5.41, 5.74) is 1.45. The fourth-order valence-corrected chi connectivity index (χ4v) is 3.14. The summed E-state index contributed by atoms with van der Waals surface area (Å²) in [5, 5.41) is 4.77. The topological polar surface area (TPSA) is 43.6 Å². The predicted octanol–water partition coefficient (Wildman–Crippen LogP) is 3.97. The van der Waals surface area contributed by atoms with Gasteiger partial charge in [0, 0.05) is 17.4 Å². The van der Waals surface area contributed by atoms with Crippen molar-refractivity contribution in [3.63, 3.8) is 0 Å². The highest BCUT2D eigenvalue weighted by atomic mass is 16.7. The van der Waals surface area contributed by atoms with E-state index in [2.05, 4.69) is 52.9 Å². The Morgan fingerprint density at radius 2 is 1.67 bits per heavy atom. The van der Waals surface area contributed by atoms with Crippen LogP contribution < -0.4 is 5.32 Å². The zero-order valence-corrected chi connectivity index (χ0v) is 15.6. The highest BCUT2D eigenvalue weighted by Gasteiger charge is 2.53. The maximum Gasteiger partial charge on any atom is 0.476 e. The quantitative estimate of drug-likeness (QED) is 0.843. The number of hydrogen-bond acceptors (Lipinski definition) is 4. The van der Waals surface area contributed by atoms with Crippen molar-refractivity contribution in [3.8, 4) is 0 Å². The van der Waals surface area contributed by atoms with Crippen molar-refractivity contribution in [1.29, 1.82) is 0 Å². The van der Waals surface area contributed by atoms with Crippen LogP contribution in [0.3, 0.4) is 0 Å². The highest BCUT2D eigenvalue weighted by Crippen LogP contribution is 2.38. The molecule has 0 amide bonds. The van der Waals surface area contributed by atoms with Crippen LogP contribution in [0.1, 0.15) is 47.1 Å². The van der Waals surface area contributed by atoms with Crippen LogP contribution in [0.4, 0.5) is 0 Å². The van der Waals surface area contributed by atoms with Crippen LogP contribution in [0.5, 0.6) is 0 Å². The molecule has 1 aromatic carbocycles. The van der Waals surface area contributed by atoms with Gasteiger partial charge in [-0.1, -0.05) is 32.0 Å². The smallest absolute Gasteiger partial charge is 0.464 e. The van der Waals surface area contributed by atoms with E-state index >= 15 is 0 Å². The van der Waals surface area contributed by atoms with E-state index in [1.165, 1.54) is 5.56 Å². The van der Waals surface area contributed by atoms with Crippen LogP contribution in [0, 0.1) is 0 Å². The summed E-state index contributed by atoms with van der Waals surface area (Å²) in [7, 11) is -0.286. The Morgan fingerprint density at radius 1 is 1.04 bits per heavy atom. The molecular weight excluding hydrogens is 301 g/mol. The molecule has 2 heterocycles. The molecule has 0 radical (unpaired) electrons. The van der Waals surface area contributed by atoms with Gasteiger partial charge >= 0.3 is 7.12 Å². The monoisotopic (exact) mass is 329 g/mol. The SMILES string of the molecule is CC(C)NC(Cc1coc2ccccc12)B1OC(C)(C)C(C)(C)O1. The molecular formula is C19H28BNO3. The second-order valence-electron chi connectivity index (χ2n) is 8.01. The molecule has 2 aromatic rings. The first-order valence-corrected chi connectivity index (χ1v) is 8.76. The molecule has 24 heavy (non-hydrogen) atoms. The summed E-state index contributed by atoms with van der Waals surface area (Å²) in [6.07, 6.45) is 2.65. The lowest BCUT2D eigenvalue weighted by molar-refractivity contribution is 0.00578. The van der Waals surface area contributed by atoms with Crippen molar-refractivity contribution in [2.75, 3.05) is 0 Å². The Bertz CT molecular complexity index is 691. The van der Waals surface area contributed by atoms with Crippen molar-refractivity contribution in [3.05, 3.63) is 36.1 Å². The van der Waals surface area contributed by atoms with E-state index in [4.69, 9.17) is 13.7 Å². The molecule has 1 aliphatic heterocycles. The lowest BCUT2D eigenvalue weighted by Gasteiger charge is -2.32. The van der Waals surface area contributed by atoms with Crippen LogP contribution in [0.2, 0.25) is 0 Å². The van der Waals surface area contributed by atoms with Gasteiger partial charge in [-0.05, 0) is 45.7 Å². The highest BCUT2D eigenvalue weighted by molar-refractivity contribution is 6.47. The molecule has 1 saturated heterocycles. The molecule has 1 aliphatic rings. The Morgan fingerprint density at radius 3 is 2.29 bits per heavy atom. The van der Waals surface area contributed by atoms with Crippen molar-refractivity contribution in [1.82, 2.24) is 5.32 Å². The summed E-state index contributed by atoms with van der Waals surface area (Å²) < 4.78 is 18.2. The van der Waals surface area contributed by atoms with Gasteiger partial charge < -0.3 is 19.0 Å². The average Bonchev–Trinajstić information content (AvgIpc) is 2.97. The van der Waals surface area contributed by atoms with E-state index < -0.39 is 0 Å². The molecule has 1 atom stereocenters. The number of furan rings is 1. The average molecular weight is 329 g/mol. The zero-order valence-electron chi connectivity index (χ0n) is 15.6. The molecule has 0 aliphatic carbocycles. The third kappa shape index (κ3) is 3.25. The van der Waals surface area contributed by atoms with Crippen molar-refractivity contribution < 1.29 is 13.7 Å². The van der Waals surface area contributed by atoms with Gasteiger partial charge in [0.25, 0.3) is 0 Å². The Balaban J connectivity index is 1.85. The van der Waals surface area contributed by atoms with Gasteiger partial charge in [0.1, 0.15) is 5.58 Å². The normalized spacial score (nSPS) is 20.9. The Labute approximate surface area is 145 Å². The first-order chi connectivity index (χ1) is 11.2. The molecule has 1 unspecified atom stereocenters. The number of hydrogen-bond donors (Lipinski definition) is 1. The minimum atomic E-state index is -0.326. The van der Waals surface area contributed by atoms with E-state index in [-0.39, 0.29) is 24.3 Å². The van der Waals surface area contributed by atoms with E-state index in [0.717, 1.165) is 17.4 Å². The number of rotatable bonds is 5. The molecule has 3 rings (SSSR count). The summed E-state index contributed by atoms with van der Waals surface area (Å²) in [5.74, 6) is 0.0621. The van der Waals surface area contributed by atoms with Crippen LogP contribution in [-0.2, 0) is 15.7 Å². The number of benzene rings is 1. The predicted molar refractivity (Wildman–Crippen MR) is 98.1 cm³/mol. The first-order valence-electron chi connectivity index (χ1n) is 8.76. The van der Waals surface area contributed by atoms with Crippen LogP contribution in [-0.4, -0.2) is 30.3 Å². The maximum atomic E-state index is 6.27. The fourth-order valence-electron chi connectivity index (χ4n) is 3.14. The Hall–Kier alpha value is -1.30. The largest absolute Gasteiger partial charge is 0.476 e. The van der Waals surface area contributed by atoms with Gasteiger partial charge in [0.15, 0.2) is 0 Å². The first kappa shape index (κ1) is 17.5. The lowest BCUT2D eigenvalue weighted by Crippen LogP contribution is -2.49. The Kier molecular flexibility index (Phi) is 4.54. The van der Waals surface area contributed by atoms with Gasteiger partial charge in [-0.15, -0.1) is 0 Å². The molecule has 0 saturated carbocycles. The third-order valence-corrected chi connectivity index (χ3v) is 5.15. The van der Waals surface area contributed by atoms with Crippen LogP contribution in [0.25, 0.3) is 11.0 Å². The van der Waals surface area contributed by atoms with Crippen LogP contribution >= 0.6 is 0 Å². The van der Waals surface area contributed by atoms with E-state index in [0.29, 0.717) is 6.04 Å². The number of para-hydroxylation sites is 1. The number of fused-ring (bicyclic) bond motifs is 1. The summed E-state index contributed by atoms with van der Waals surface area (Å²) in [6.45, 7) is 12.6. The van der Waals surface area contributed by atoms with Gasteiger partial charge in [0.05, 0.1) is 17.5 Å². The van der Waals surface area contributed by atoms with Gasteiger partial charge in [-0.2, -0.15) is 0 Å². The van der Waals surface area contributed by atoms with Crippen molar-refractivity contribution in [2.24, 2.45) is 0 Å². The lowest BCUT2D eigenvalue weighted by atomic mass is 9.74. The summed E-state index contributed by atoms with van der Waals surface area (Å²) in [6, 6.07) is 8.48. The van der Waals surface area contributed by atoms with E-state index in [9.17, 15) is 0 Å². The van der Waals surface area contributed by atoms with Gasteiger partial charge in [-0.25, -0.2) is 0 Å². The third-order valence-electron chi connectivity index (χ3n) is 5.15. The van der Waals surface area contributed by atoms with Crippen molar-refractivity contribution in [2.45, 2.75) is 71.1 Å². The second-order valence-corrected chi connectivity index (χ2v) is 8.01. The molecule has 4 nitrogen and oxygen atoms in total. The number of nitrogens with one attached hydrogen (secondary N) is 1. The standard InChI is InChI=1S/C19H28BNO3/c1-13(2)21-17(20-23-18(3,4)19(5,6)24-20)11-14-12-22-16-10-8-7-9-15(14)16/h7-10,12-13,17,21H,11H2,1-6H3. The summed E-state index contributed by atoms with van der Waals surface area (Å²) >= 11 is 0. The minimum absolute atomic E-state index is 0.0621. The summed E-state index contributed by atoms with van der Waals surface area (Å²) in [4.78, 5) is 0. The molecule has 130 valence electrons. The molecule has 1 aromatic heterocycles. The fraction of sp³-hybridized carbons (Fsp3) is 0.579. The molecule has 1 fully saturated rings. The zero-order chi connectivity index (χ0) is 17.5. The van der Waals surface area contributed by atoms with E-state index in [1.54, 1.807) is 0 Å². The minimum Gasteiger partial charge on any atom is -0.464 e. The van der Waals surface area contributed by atoms with E-state index in [1.807, 2.05) is 24.5 Å². The van der Waals surface area contributed by atoms with Gasteiger partial charge in [-0.3, -0.25) is 0 Å². The van der Waals surface area contributed by atoms with Crippen LogP contribution in [0.15, 0.2) is 34.9 Å². The molecule has 0 spiro atoms.